The Morgan fingerprint density at radius 2 is 2.05 bits per heavy atom. The molecule has 1 saturated carbocycles. The van der Waals surface area contributed by atoms with E-state index in [-0.39, 0.29) is 16.9 Å². The molecule has 1 aliphatic rings. The van der Waals surface area contributed by atoms with Gasteiger partial charge in [-0.25, -0.2) is 4.39 Å². The van der Waals surface area contributed by atoms with E-state index in [0.29, 0.717) is 6.54 Å². The maximum Gasteiger partial charge on any atom is 0.254 e. The van der Waals surface area contributed by atoms with Crippen molar-refractivity contribution in [2.24, 2.45) is 5.41 Å². The molecular formula is C16H22FNO. The fourth-order valence-electron chi connectivity index (χ4n) is 2.96. The van der Waals surface area contributed by atoms with Crippen LogP contribution in [0.3, 0.4) is 0 Å². The van der Waals surface area contributed by atoms with Gasteiger partial charge >= 0.3 is 0 Å². The van der Waals surface area contributed by atoms with Gasteiger partial charge < -0.3 is 5.32 Å². The van der Waals surface area contributed by atoms with Crippen molar-refractivity contribution in [2.75, 3.05) is 6.54 Å². The summed E-state index contributed by atoms with van der Waals surface area (Å²) in [6.07, 6.45) is 5.88. The van der Waals surface area contributed by atoms with Gasteiger partial charge in [0, 0.05) is 6.54 Å². The lowest BCUT2D eigenvalue weighted by Crippen LogP contribution is -2.36. The highest BCUT2D eigenvalue weighted by molar-refractivity contribution is 5.94. The van der Waals surface area contributed by atoms with Crippen LogP contribution in [0.15, 0.2) is 18.2 Å². The SMILES string of the molecule is CCC1(CNC(=O)c2cc(C)ccc2F)CCCC1. The smallest absolute Gasteiger partial charge is 0.254 e. The summed E-state index contributed by atoms with van der Waals surface area (Å²) in [5.74, 6) is -0.735. The average Bonchev–Trinajstić information content (AvgIpc) is 2.88. The molecule has 0 saturated heterocycles. The molecule has 3 heteroatoms. The van der Waals surface area contributed by atoms with Gasteiger partial charge in [-0.15, -0.1) is 0 Å². The lowest BCUT2D eigenvalue weighted by atomic mass is 9.83. The Bertz CT molecular complexity index is 464. The van der Waals surface area contributed by atoms with E-state index in [4.69, 9.17) is 0 Å². The maximum absolute atomic E-state index is 13.6. The van der Waals surface area contributed by atoms with Gasteiger partial charge in [0.25, 0.3) is 5.91 Å². The van der Waals surface area contributed by atoms with E-state index in [1.165, 1.54) is 31.7 Å². The molecule has 1 aromatic rings. The molecule has 0 aromatic heterocycles. The van der Waals surface area contributed by atoms with Crippen LogP contribution in [0.2, 0.25) is 0 Å². The zero-order valence-corrected chi connectivity index (χ0v) is 11.8. The average molecular weight is 263 g/mol. The van der Waals surface area contributed by atoms with Crippen LogP contribution in [0.4, 0.5) is 4.39 Å². The second-order valence-corrected chi connectivity index (χ2v) is 5.73. The number of nitrogens with one attached hydrogen (secondary N) is 1. The predicted molar refractivity (Wildman–Crippen MR) is 74.7 cm³/mol. The molecule has 0 spiro atoms. The van der Waals surface area contributed by atoms with Crippen molar-refractivity contribution in [3.05, 3.63) is 35.1 Å². The lowest BCUT2D eigenvalue weighted by Gasteiger charge is -2.27. The molecule has 0 radical (unpaired) electrons. The van der Waals surface area contributed by atoms with Crippen LogP contribution in [-0.2, 0) is 0 Å². The van der Waals surface area contributed by atoms with Gasteiger partial charge in [0.05, 0.1) is 5.56 Å². The number of rotatable bonds is 4. The monoisotopic (exact) mass is 263 g/mol. The van der Waals surface area contributed by atoms with Gasteiger partial charge in [0.1, 0.15) is 5.82 Å². The van der Waals surface area contributed by atoms with E-state index >= 15 is 0 Å². The quantitative estimate of drug-likeness (QED) is 0.878. The minimum absolute atomic E-state index is 0.157. The van der Waals surface area contributed by atoms with Crippen molar-refractivity contribution in [1.29, 1.82) is 0 Å². The van der Waals surface area contributed by atoms with Crippen LogP contribution >= 0.6 is 0 Å². The number of carbonyl (C=O) groups excluding carboxylic acids is 1. The summed E-state index contributed by atoms with van der Waals surface area (Å²) in [4.78, 5) is 12.1. The van der Waals surface area contributed by atoms with Crippen LogP contribution in [0.1, 0.15) is 54.9 Å². The van der Waals surface area contributed by atoms with Crippen molar-refractivity contribution in [2.45, 2.75) is 46.0 Å². The van der Waals surface area contributed by atoms with Crippen molar-refractivity contribution >= 4 is 5.91 Å². The Labute approximate surface area is 114 Å². The normalized spacial score (nSPS) is 17.4. The third-order valence-corrected chi connectivity index (χ3v) is 4.40. The number of carbonyl (C=O) groups is 1. The Balaban J connectivity index is 2.03. The highest BCUT2D eigenvalue weighted by Gasteiger charge is 2.32. The molecular weight excluding hydrogens is 241 g/mol. The zero-order valence-electron chi connectivity index (χ0n) is 11.8. The predicted octanol–water partition coefficient (Wildman–Crippen LogP) is 3.83. The van der Waals surface area contributed by atoms with Gasteiger partial charge in [0.15, 0.2) is 0 Å². The lowest BCUT2D eigenvalue weighted by molar-refractivity contribution is 0.0924. The van der Waals surface area contributed by atoms with Crippen molar-refractivity contribution in [3.8, 4) is 0 Å². The Hall–Kier alpha value is -1.38. The van der Waals surface area contributed by atoms with E-state index in [0.717, 1.165) is 12.0 Å². The first-order valence-electron chi connectivity index (χ1n) is 7.11. The second-order valence-electron chi connectivity index (χ2n) is 5.73. The molecule has 0 atom stereocenters. The Morgan fingerprint density at radius 3 is 2.68 bits per heavy atom. The van der Waals surface area contributed by atoms with Crippen LogP contribution < -0.4 is 5.32 Å². The van der Waals surface area contributed by atoms with Crippen LogP contribution in [0, 0.1) is 18.2 Å². The minimum Gasteiger partial charge on any atom is -0.351 e. The molecule has 1 amide bonds. The van der Waals surface area contributed by atoms with Gasteiger partial charge in [-0.05, 0) is 43.7 Å². The Kier molecular flexibility index (Phi) is 4.23. The molecule has 1 aliphatic carbocycles. The summed E-state index contributed by atoms with van der Waals surface area (Å²) >= 11 is 0. The van der Waals surface area contributed by atoms with Crippen LogP contribution in [0.5, 0.6) is 0 Å². The summed E-state index contributed by atoms with van der Waals surface area (Å²) < 4.78 is 13.6. The number of halogens is 1. The highest BCUT2D eigenvalue weighted by Crippen LogP contribution is 2.40. The minimum atomic E-state index is -0.444. The summed E-state index contributed by atoms with van der Waals surface area (Å²) in [6, 6.07) is 4.64. The second kappa shape index (κ2) is 5.72. The van der Waals surface area contributed by atoms with Crippen LogP contribution in [-0.4, -0.2) is 12.5 Å². The van der Waals surface area contributed by atoms with E-state index in [1.54, 1.807) is 12.1 Å². The highest BCUT2D eigenvalue weighted by atomic mass is 19.1. The molecule has 0 heterocycles. The van der Waals surface area contributed by atoms with E-state index in [2.05, 4.69) is 12.2 Å². The maximum atomic E-state index is 13.6. The first kappa shape index (κ1) is 14.0. The number of amides is 1. The van der Waals surface area contributed by atoms with Crippen LogP contribution in [0.25, 0.3) is 0 Å². The summed E-state index contributed by atoms with van der Waals surface area (Å²) in [5.41, 5.74) is 1.29. The fourth-order valence-corrected chi connectivity index (χ4v) is 2.96. The third-order valence-electron chi connectivity index (χ3n) is 4.40. The molecule has 0 aliphatic heterocycles. The molecule has 1 N–H and O–H groups in total. The number of hydrogen-bond donors (Lipinski definition) is 1. The summed E-state index contributed by atoms with van der Waals surface area (Å²) in [5, 5.41) is 2.92. The largest absolute Gasteiger partial charge is 0.351 e. The molecule has 2 nitrogen and oxygen atoms in total. The fraction of sp³-hybridized carbons (Fsp3) is 0.562. The number of aryl methyl sites for hydroxylation is 1. The molecule has 1 aromatic carbocycles. The summed E-state index contributed by atoms with van der Waals surface area (Å²) in [6.45, 7) is 4.70. The molecule has 19 heavy (non-hydrogen) atoms. The van der Waals surface area contributed by atoms with Gasteiger partial charge in [-0.1, -0.05) is 31.4 Å². The van der Waals surface area contributed by atoms with E-state index in [9.17, 15) is 9.18 Å². The molecule has 104 valence electrons. The van der Waals surface area contributed by atoms with Crippen molar-refractivity contribution in [3.63, 3.8) is 0 Å². The molecule has 1 fully saturated rings. The first-order chi connectivity index (χ1) is 9.06. The number of benzene rings is 1. The standard InChI is InChI=1S/C16H22FNO/c1-3-16(8-4-5-9-16)11-18-15(19)13-10-12(2)6-7-14(13)17/h6-7,10H,3-5,8-9,11H2,1-2H3,(H,18,19). The van der Waals surface area contributed by atoms with Crippen molar-refractivity contribution < 1.29 is 9.18 Å². The van der Waals surface area contributed by atoms with E-state index in [1.807, 2.05) is 6.92 Å². The van der Waals surface area contributed by atoms with Crippen molar-refractivity contribution in [1.82, 2.24) is 5.32 Å². The van der Waals surface area contributed by atoms with Gasteiger partial charge in [0.2, 0.25) is 0 Å². The topological polar surface area (TPSA) is 29.1 Å². The van der Waals surface area contributed by atoms with Gasteiger partial charge in [-0.3, -0.25) is 4.79 Å². The third kappa shape index (κ3) is 3.14. The molecule has 0 unspecified atom stereocenters. The van der Waals surface area contributed by atoms with E-state index < -0.39 is 5.82 Å². The zero-order chi connectivity index (χ0) is 13.9. The number of hydrogen-bond acceptors (Lipinski definition) is 1. The Morgan fingerprint density at radius 1 is 1.37 bits per heavy atom. The molecule has 0 bridgehead atoms. The first-order valence-corrected chi connectivity index (χ1v) is 7.11. The molecule has 2 rings (SSSR count). The summed E-state index contributed by atoms with van der Waals surface area (Å²) in [7, 11) is 0. The van der Waals surface area contributed by atoms with Gasteiger partial charge in [-0.2, -0.15) is 0 Å².